The number of hydrogen-bond acceptors (Lipinski definition) is 2. The lowest BCUT2D eigenvalue weighted by Gasteiger charge is -2.27. The Balaban J connectivity index is 4.30. The van der Waals surface area contributed by atoms with Crippen molar-refractivity contribution in [1.29, 1.82) is 0 Å². The van der Waals surface area contributed by atoms with Crippen LogP contribution >= 0.6 is 7.82 Å². The molecule has 0 spiro atoms. The van der Waals surface area contributed by atoms with Gasteiger partial charge in [-0.25, -0.2) is 4.57 Å². The van der Waals surface area contributed by atoms with Gasteiger partial charge in [-0.05, 0) is 6.42 Å². The van der Waals surface area contributed by atoms with Crippen LogP contribution in [0.15, 0.2) is 0 Å². The van der Waals surface area contributed by atoms with Crippen LogP contribution in [-0.2, 0) is 9.09 Å². The van der Waals surface area contributed by atoms with Crippen molar-refractivity contribution in [2.45, 2.75) is 38.7 Å². The molecule has 0 rings (SSSR count). The molecule has 12 heavy (non-hydrogen) atoms. The van der Waals surface area contributed by atoms with E-state index in [2.05, 4.69) is 4.52 Å². The molecule has 0 amide bonds. The van der Waals surface area contributed by atoms with Crippen LogP contribution < -0.4 is 0 Å². The van der Waals surface area contributed by atoms with Crippen LogP contribution in [-0.4, -0.2) is 23.6 Å². The molecule has 4 nitrogen and oxygen atoms in total. The van der Waals surface area contributed by atoms with E-state index in [9.17, 15) is 4.57 Å². The molecule has 0 aromatic heterocycles. The summed E-state index contributed by atoms with van der Waals surface area (Å²) in [5, 5.41) is 0. The molecule has 0 fully saturated rings. The summed E-state index contributed by atoms with van der Waals surface area (Å²) in [6, 6.07) is 0. The summed E-state index contributed by atoms with van der Waals surface area (Å²) in [6.07, 6.45) is 0.654. The highest BCUT2D eigenvalue weighted by atomic mass is 31.2. The molecule has 6 heteroatoms. The molecule has 0 aromatic carbocycles. The number of phosphoric acid groups is 1. The summed E-state index contributed by atoms with van der Waals surface area (Å²) in [7, 11) is -5.91. The molecular formula is C6H17O4PSi. The molecule has 0 aliphatic carbocycles. The highest BCUT2D eigenvalue weighted by Crippen LogP contribution is 2.40. The fourth-order valence-corrected chi connectivity index (χ4v) is 4.39. The zero-order chi connectivity index (χ0) is 9.99. The molecule has 0 bridgehead atoms. The Kier molecular flexibility index (Phi) is 4.13. The standard InChI is InChI=1S/C6H17O4PSi/c1-5-6(12(2,3)4)10-11(7,8)9/h6H,5H2,1-4H3,(H2,7,8,9). The first-order valence-electron chi connectivity index (χ1n) is 3.90. The number of rotatable bonds is 4. The molecule has 0 aliphatic heterocycles. The average Bonchev–Trinajstić information content (AvgIpc) is 1.78. The van der Waals surface area contributed by atoms with Crippen LogP contribution in [0.5, 0.6) is 0 Å². The van der Waals surface area contributed by atoms with Crippen LogP contribution in [0.3, 0.4) is 0 Å². The van der Waals surface area contributed by atoms with E-state index >= 15 is 0 Å². The normalized spacial score (nSPS) is 16.2. The second-order valence-corrected chi connectivity index (χ2v) is 10.4. The molecule has 0 saturated carbocycles. The quantitative estimate of drug-likeness (QED) is 0.550. The van der Waals surface area contributed by atoms with E-state index in [1.807, 2.05) is 26.6 Å². The zero-order valence-electron chi connectivity index (χ0n) is 7.94. The van der Waals surface area contributed by atoms with Crippen molar-refractivity contribution in [3.05, 3.63) is 0 Å². The van der Waals surface area contributed by atoms with Gasteiger partial charge in [0.2, 0.25) is 0 Å². The van der Waals surface area contributed by atoms with Gasteiger partial charge in [0.1, 0.15) is 0 Å². The fourth-order valence-electron chi connectivity index (χ4n) is 1.01. The SMILES string of the molecule is CCC(OP(=O)(O)O)[Si](C)(C)C. The van der Waals surface area contributed by atoms with Gasteiger partial charge in [-0.2, -0.15) is 0 Å². The van der Waals surface area contributed by atoms with Crippen LogP contribution in [0.4, 0.5) is 0 Å². The summed E-state index contributed by atoms with van der Waals surface area (Å²) in [6.45, 7) is 7.95. The minimum Gasteiger partial charge on any atom is -0.303 e. The predicted octanol–water partition coefficient (Wildman–Crippen LogP) is 1.75. The van der Waals surface area contributed by atoms with Crippen molar-refractivity contribution < 1.29 is 18.9 Å². The zero-order valence-corrected chi connectivity index (χ0v) is 9.84. The van der Waals surface area contributed by atoms with E-state index in [0.717, 1.165) is 0 Å². The van der Waals surface area contributed by atoms with Gasteiger partial charge in [-0.1, -0.05) is 26.6 Å². The van der Waals surface area contributed by atoms with Gasteiger partial charge in [0.25, 0.3) is 0 Å². The second kappa shape index (κ2) is 4.02. The minimum atomic E-state index is -4.30. The largest absolute Gasteiger partial charge is 0.469 e. The summed E-state index contributed by atoms with van der Waals surface area (Å²) in [5.41, 5.74) is -0.265. The Morgan fingerprint density at radius 1 is 1.42 bits per heavy atom. The van der Waals surface area contributed by atoms with E-state index in [0.29, 0.717) is 6.42 Å². The molecule has 1 atom stereocenters. The maximum Gasteiger partial charge on any atom is 0.469 e. The molecule has 0 aliphatic rings. The lowest BCUT2D eigenvalue weighted by molar-refractivity contribution is 0.170. The van der Waals surface area contributed by atoms with Gasteiger partial charge in [0.05, 0.1) is 13.8 Å². The molecular weight excluding hydrogens is 195 g/mol. The van der Waals surface area contributed by atoms with Gasteiger partial charge in [-0.3, -0.25) is 4.52 Å². The van der Waals surface area contributed by atoms with Gasteiger partial charge >= 0.3 is 7.82 Å². The second-order valence-electron chi connectivity index (χ2n) is 3.86. The highest BCUT2D eigenvalue weighted by molar-refractivity contribution is 7.46. The van der Waals surface area contributed by atoms with Crippen molar-refractivity contribution in [3.8, 4) is 0 Å². The lowest BCUT2D eigenvalue weighted by atomic mass is 10.5. The molecule has 74 valence electrons. The minimum absolute atomic E-state index is 0.265. The maximum atomic E-state index is 10.5. The Labute approximate surface area is 74.2 Å². The van der Waals surface area contributed by atoms with Gasteiger partial charge in [0, 0.05) is 0 Å². The van der Waals surface area contributed by atoms with Gasteiger partial charge in [0.15, 0.2) is 0 Å². The maximum absolute atomic E-state index is 10.5. The van der Waals surface area contributed by atoms with Crippen LogP contribution in [0.2, 0.25) is 19.6 Å². The number of phosphoric ester groups is 1. The first-order chi connectivity index (χ1) is 5.17. The summed E-state index contributed by atoms with van der Waals surface area (Å²) < 4.78 is 15.2. The smallest absolute Gasteiger partial charge is 0.303 e. The van der Waals surface area contributed by atoms with E-state index < -0.39 is 15.9 Å². The van der Waals surface area contributed by atoms with E-state index in [1.165, 1.54) is 0 Å². The first-order valence-corrected chi connectivity index (χ1v) is 9.01. The Morgan fingerprint density at radius 2 is 1.83 bits per heavy atom. The Bertz CT molecular complexity index is 182. The molecule has 1 unspecified atom stereocenters. The van der Waals surface area contributed by atoms with Crippen molar-refractivity contribution in [1.82, 2.24) is 0 Å². The lowest BCUT2D eigenvalue weighted by Crippen LogP contribution is -2.39. The van der Waals surface area contributed by atoms with Gasteiger partial charge in [-0.15, -0.1) is 0 Å². The van der Waals surface area contributed by atoms with Gasteiger partial charge < -0.3 is 9.79 Å². The molecule has 0 aromatic rings. The summed E-state index contributed by atoms with van der Waals surface area (Å²) in [5.74, 6) is 0. The predicted molar refractivity (Wildman–Crippen MR) is 50.6 cm³/mol. The Morgan fingerprint density at radius 3 is 1.92 bits per heavy atom. The molecule has 2 N–H and O–H groups in total. The summed E-state index contributed by atoms with van der Waals surface area (Å²) >= 11 is 0. The van der Waals surface area contributed by atoms with Crippen molar-refractivity contribution >= 4 is 15.9 Å². The van der Waals surface area contributed by atoms with Crippen molar-refractivity contribution in [2.24, 2.45) is 0 Å². The van der Waals surface area contributed by atoms with Crippen LogP contribution in [0, 0.1) is 0 Å². The summed E-state index contributed by atoms with van der Waals surface area (Å²) in [4.78, 5) is 17.2. The van der Waals surface area contributed by atoms with Crippen LogP contribution in [0.25, 0.3) is 0 Å². The van der Waals surface area contributed by atoms with Crippen molar-refractivity contribution in [3.63, 3.8) is 0 Å². The van der Waals surface area contributed by atoms with Crippen LogP contribution in [0.1, 0.15) is 13.3 Å². The third kappa shape index (κ3) is 5.06. The number of hydrogen-bond donors (Lipinski definition) is 2. The van der Waals surface area contributed by atoms with E-state index in [1.54, 1.807) is 0 Å². The molecule has 0 saturated heterocycles. The molecule has 0 radical (unpaired) electrons. The Hall–Kier alpha value is 0.327. The monoisotopic (exact) mass is 212 g/mol. The average molecular weight is 212 g/mol. The molecule has 0 heterocycles. The third-order valence-electron chi connectivity index (χ3n) is 1.60. The fraction of sp³-hybridized carbons (Fsp3) is 1.00. The topological polar surface area (TPSA) is 66.8 Å². The highest BCUT2D eigenvalue weighted by Gasteiger charge is 2.31. The third-order valence-corrected chi connectivity index (χ3v) is 4.79. The van der Waals surface area contributed by atoms with Crippen molar-refractivity contribution in [2.75, 3.05) is 0 Å². The van der Waals surface area contributed by atoms with E-state index in [-0.39, 0.29) is 5.73 Å². The first kappa shape index (κ1) is 12.3. The van der Waals surface area contributed by atoms with E-state index in [4.69, 9.17) is 9.79 Å².